The molecule has 0 aromatic heterocycles. The Kier molecular flexibility index (Phi) is 5.22. The highest BCUT2D eigenvalue weighted by molar-refractivity contribution is 8.18. The summed E-state index contributed by atoms with van der Waals surface area (Å²) < 4.78 is -1.22. The number of rotatable bonds is 4. The Labute approximate surface area is 90.8 Å². The molecule has 0 fully saturated rings. The molecule has 0 bridgehead atoms. The van der Waals surface area contributed by atoms with E-state index < -0.39 is 10.7 Å². The van der Waals surface area contributed by atoms with Crippen LogP contribution in [0.3, 0.4) is 0 Å². The minimum atomic E-state index is -1.22. The third-order valence-electron chi connectivity index (χ3n) is 1.37. The van der Waals surface area contributed by atoms with Crippen molar-refractivity contribution in [2.24, 2.45) is 0 Å². The molecule has 0 rings (SSSR count). The molecule has 0 aromatic carbocycles. The fourth-order valence-corrected chi connectivity index (χ4v) is 2.43. The van der Waals surface area contributed by atoms with Crippen LogP contribution in [0.4, 0.5) is 0 Å². The second-order valence-electron chi connectivity index (χ2n) is 2.91. The van der Waals surface area contributed by atoms with E-state index in [4.69, 9.17) is 5.11 Å². The predicted molar refractivity (Wildman–Crippen MR) is 57.5 cm³/mol. The highest BCUT2D eigenvalue weighted by Crippen LogP contribution is 2.30. The maximum absolute atomic E-state index is 10.9. The van der Waals surface area contributed by atoms with Gasteiger partial charge in [-0.2, -0.15) is 0 Å². The highest BCUT2D eigenvalue weighted by Gasteiger charge is 2.36. The van der Waals surface area contributed by atoms with Crippen LogP contribution in [0.5, 0.6) is 0 Å². The van der Waals surface area contributed by atoms with Gasteiger partial charge in [-0.3, -0.25) is 14.4 Å². The van der Waals surface area contributed by atoms with Gasteiger partial charge in [-0.1, -0.05) is 23.5 Å². The van der Waals surface area contributed by atoms with Crippen molar-refractivity contribution in [3.63, 3.8) is 0 Å². The van der Waals surface area contributed by atoms with Gasteiger partial charge in [-0.25, -0.2) is 0 Å². The number of carboxylic acids is 1. The van der Waals surface area contributed by atoms with E-state index in [-0.39, 0.29) is 16.0 Å². The first-order chi connectivity index (χ1) is 6.28. The van der Waals surface area contributed by atoms with Gasteiger partial charge in [-0.15, -0.1) is 0 Å². The van der Waals surface area contributed by atoms with E-state index in [1.807, 2.05) is 0 Å². The summed E-state index contributed by atoms with van der Waals surface area (Å²) in [4.78, 5) is 32.4. The van der Waals surface area contributed by atoms with Crippen molar-refractivity contribution in [3.8, 4) is 0 Å². The first-order valence-corrected chi connectivity index (χ1v) is 5.64. The molecule has 0 amide bonds. The molecule has 1 N–H and O–H groups in total. The Morgan fingerprint density at radius 1 is 1.21 bits per heavy atom. The molecule has 1 atom stereocenters. The molecule has 0 spiro atoms. The summed E-state index contributed by atoms with van der Waals surface area (Å²) in [5.41, 5.74) is 0. The molecular weight excluding hydrogens is 224 g/mol. The van der Waals surface area contributed by atoms with E-state index in [0.29, 0.717) is 0 Å². The highest BCUT2D eigenvalue weighted by atomic mass is 32.2. The standard InChI is InChI=1S/C8H12O4S2/c1-5(9)13-4-8(3,7(11)12)14-6(2)10/h4H2,1-3H3,(H,11,12). The Balaban J connectivity index is 4.47. The molecule has 0 radical (unpaired) electrons. The van der Waals surface area contributed by atoms with Gasteiger partial charge in [-0.05, 0) is 6.92 Å². The fourth-order valence-electron chi connectivity index (χ4n) is 0.691. The zero-order chi connectivity index (χ0) is 11.4. The molecule has 4 nitrogen and oxygen atoms in total. The first-order valence-electron chi connectivity index (χ1n) is 3.84. The zero-order valence-corrected chi connectivity index (χ0v) is 9.83. The van der Waals surface area contributed by atoms with Gasteiger partial charge in [0.15, 0.2) is 10.2 Å². The Hall–Kier alpha value is -0.490. The second-order valence-corrected chi connectivity index (χ2v) is 5.74. The van der Waals surface area contributed by atoms with E-state index in [1.54, 1.807) is 0 Å². The Morgan fingerprint density at radius 2 is 1.71 bits per heavy atom. The number of carboxylic acid groups (broad SMARTS) is 1. The van der Waals surface area contributed by atoms with E-state index in [1.165, 1.54) is 20.8 Å². The summed E-state index contributed by atoms with van der Waals surface area (Å²) >= 11 is 1.66. The summed E-state index contributed by atoms with van der Waals surface area (Å²) in [5, 5.41) is 8.48. The summed E-state index contributed by atoms with van der Waals surface area (Å²) in [6.07, 6.45) is 0. The van der Waals surface area contributed by atoms with Gasteiger partial charge < -0.3 is 5.11 Å². The van der Waals surface area contributed by atoms with E-state index in [0.717, 1.165) is 23.5 Å². The number of hydrogen-bond donors (Lipinski definition) is 1. The van der Waals surface area contributed by atoms with Gasteiger partial charge >= 0.3 is 5.97 Å². The van der Waals surface area contributed by atoms with Crippen LogP contribution in [-0.4, -0.2) is 31.8 Å². The van der Waals surface area contributed by atoms with Gasteiger partial charge in [0.2, 0.25) is 0 Å². The number of carbonyl (C=O) groups is 3. The van der Waals surface area contributed by atoms with Crippen molar-refractivity contribution >= 4 is 39.7 Å². The van der Waals surface area contributed by atoms with Crippen molar-refractivity contribution in [1.29, 1.82) is 0 Å². The molecule has 6 heteroatoms. The van der Waals surface area contributed by atoms with E-state index >= 15 is 0 Å². The maximum atomic E-state index is 10.9. The lowest BCUT2D eigenvalue weighted by Gasteiger charge is -2.21. The molecule has 14 heavy (non-hydrogen) atoms. The van der Waals surface area contributed by atoms with E-state index in [9.17, 15) is 14.4 Å². The maximum Gasteiger partial charge on any atom is 0.320 e. The lowest BCUT2D eigenvalue weighted by molar-refractivity contribution is -0.138. The third-order valence-corrected chi connectivity index (χ3v) is 3.74. The van der Waals surface area contributed by atoms with Crippen LogP contribution in [0.1, 0.15) is 20.8 Å². The van der Waals surface area contributed by atoms with Gasteiger partial charge in [0, 0.05) is 19.6 Å². The summed E-state index contributed by atoms with van der Waals surface area (Å²) in [7, 11) is 0. The van der Waals surface area contributed by atoms with Crippen molar-refractivity contribution in [2.45, 2.75) is 25.5 Å². The molecule has 0 aliphatic rings. The average molecular weight is 236 g/mol. The zero-order valence-electron chi connectivity index (χ0n) is 8.20. The summed E-state index contributed by atoms with van der Waals surface area (Å²) in [6, 6.07) is 0. The van der Waals surface area contributed by atoms with Crippen molar-refractivity contribution in [2.75, 3.05) is 5.75 Å². The number of aliphatic carboxylic acids is 1. The first kappa shape index (κ1) is 13.5. The van der Waals surface area contributed by atoms with Crippen molar-refractivity contribution in [3.05, 3.63) is 0 Å². The normalized spacial score (nSPS) is 14.5. The van der Waals surface area contributed by atoms with Crippen LogP contribution in [0.2, 0.25) is 0 Å². The molecule has 0 heterocycles. The molecular formula is C8H12O4S2. The Bertz CT molecular complexity index is 264. The van der Waals surface area contributed by atoms with Crippen LogP contribution in [0.25, 0.3) is 0 Å². The molecule has 0 aliphatic heterocycles. The summed E-state index contributed by atoms with van der Waals surface area (Å²) in [6.45, 7) is 4.12. The molecule has 0 saturated carbocycles. The average Bonchev–Trinajstić information content (AvgIpc) is 1.99. The SMILES string of the molecule is CC(=O)SCC(C)(SC(C)=O)C(=O)O. The van der Waals surface area contributed by atoms with Gasteiger partial charge in [0.1, 0.15) is 4.75 Å². The number of hydrogen-bond acceptors (Lipinski definition) is 5. The molecule has 1 unspecified atom stereocenters. The monoisotopic (exact) mass is 236 g/mol. The minimum Gasteiger partial charge on any atom is -0.480 e. The van der Waals surface area contributed by atoms with Crippen molar-refractivity contribution in [1.82, 2.24) is 0 Å². The number of thioether (sulfide) groups is 2. The Morgan fingerprint density at radius 3 is 2.00 bits per heavy atom. The molecule has 0 aromatic rings. The van der Waals surface area contributed by atoms with Crippen LogP contribution in [0.15, 0.2) is 0 Å². The second kappa shape index (κ2) is 5.41. The van der Waals surface area contributed by atoms with Gasteiger partial charge in [0.05, 0.1) is 0 Å². The largest absolute Gasteiger partial charge is 0.480 e. The molecule has 80 valence electrons. The smallest absolute Gasteiger partial charge is 0.320 e. The van der Waals surface area contributed by atoms with Gasteiger partial charge in [0.25, 0.3) is 0 Å². The fraction of sp³-hybridized carbons (Fsp3) is 0.625. The lowest BCUT2D eigenvalue weighted by Crippen LogP contribution is -2.35. The van der Waals surface area contributed by atoms with Crippen LogP contribution < -0.4 is 0 Å². The van der Waals surface area contributed by atoms with Crippen LogP contribution >= 0.6 is 23.5 Å². The predicted octanol–water partition coefficient (Wildman–Crippen LogP) is 1.39. The topological polar surface area (TPSA) is 71.4 Å². The minimum absolute atomic E-state index is 0.0991. The van der Waals surface area contributed by atoms with Crippen LogP contribution in [-0.2, 0) is 14.4 Å². The summed E-state index contributed by atoms with van der Waals surface area (Å²) in [5.74, 6) is -0.978. The molecule has 0 saturated heterocycles. The number of carbonyl (C=O) groups excluding carboxylic acids is 2. The van der Waals surface area contributed by atoms with E-state index in [2.05, 4.69) is 0 Å². The van der Waals surface area contributed by atoms with Crippen LogP contribution in [0, 0.1) is 0 Å². The quantitative estimate of drug-likeness (QED) is 0.795. The third kappa shape index (κ3) is 4.66. The molecule has 0 aliphatic carbocycles. The van der Waals surface area contributed by atoms with Crippen molar-refractivity contribution < 1.29 is 19.5 Å². The lowest BCUT2D eigenvalue weighted by atomic mass is 10.2.